The van der Waals surface area contributed by atoms with Crippen molar-refractivity contribution in [2.45, 2.75) is 11.4 Å². The van der Waals surface area contributed by atoms with Crippen molar-refractivity contribution >= 4 is 15.7 Å². The fourth-order valence-electron chi connectivity index (χ4n) is 3.09. The van der Waals surface area contributed by atoms with Gasteiger partial charge in [-0.3, -0.25) is 14.1 Å². The van der Waals surface area contributed by atoms with Gasteiger partial charge in [-0.15, -0.1) is 0 Å². The summed E-state index contributed by atoms with van der Waals surface area (Å²) in [5.41, 5.74) is 1.94. The molecule has 3 aromatic carbocycles. The standard InChI is InChI=1S/C23H19N3O3S/c27-22-15-16-24-23(26(22)17-18-7-3-1-4-8-18)19-11-13-21(14-12-19)30(28,29)25-20-9-5-2-6-10-20/h1-16,25H,17H2. The van der Waals surface area contributed by atoms with Crippen molar-refractivity contribution < 1.29 is 8.42 Å². The molecule has 0 saturated heterocycles. The van der Waals surface area contributed by atoms with Crippen molar-refractivity contribution in [2.24, 2.45) is 0 Å². The summed E-state index contributed by atoms with van der Waals surface area (Å²) >= 11 is 0. The van der Waals surface area contributed by atoms with Crippen LogP contribution in [0.4, 0.5) is 5.69 Å². The second kappa shape index (κ2) is 8.34. The molecule has 0 amide bonds. The summed E-state index contributed by atoms with van der Waals surface area (Å²) in [7, 11) is -3.72. The summed E-state index contributed by atoms with van der Waals surface area (Å²) in [4.78, 5) is 17.0. The predicted octanol–water partition coefficient (Wildman–Crippen LogP) is 3.76. The number of nitrogens with zero attached hydrogens (tertiary/aromatic N) is 2. The molecule has 0 aliphatic heterocycles. The molecule has 150 valence electrons. The largest absolute Gasteiger partial charge is 0.288 e. The highest BCUT2D eigenvalue weighted by atomic mass is 32.2. The molecular formula is C23H19N3O3S. The van der Waals surface area contributed by atoms with Crippen molar-refractivity contribution in [3.8, 4) is 11.4 Å². The number of aromatic nitrogens is 2. The molecule has 4 rings (SSSR count). The number of hydrogen-bond donors (Lipinski definition) is 1. The normalized spacial score (nSPS) is 11.2. The minimum absolute atomic E-state index is 0.128. The van der Waals surface area contributed by atoms with E-state index >= 15 is 0 Å². The molecule has 0 aliphatic rings. The number of sulfonamides is 1. The summed E-state index contributed by atoms with van der Waals surface area (Å²) in [6.07, 6.45) is 1.46. The maximum atomic E-state index is 12.6. The first-order valence-electron chi connectivity index (χ1n) is 9.31. The molecule has 0 aliphatic carbocycles. The summed E-state index contributed by atoms with van der Waals surface area (Å²) in [6, 6.07) is 26.0. The minimum Gasteiger partial charge on any atom is -0.288 e. The van der Waals surface area contributed by atoms with Crippen LogP contribution in [0.3, 0.4) is 0 Å². The van der Waals surface area contributed by atoms with Crippen LogP contribution in [0.15, 0.2) is 107 Å². The Balaban J connectivity index is 1.65. The molecule has 0 unspecified atom stereocenters. The molecule has 7 heteroatoms. The summed E-state index contributed by atoms with van der Waals surface area (Å²) in [5.74, 6) is 0.478. The highest BCUT2D eigenvalue weighted by molar-refractivity contribution is 7.92. The van der Waals surface area contributed by atoms with E-state index in [1.807, 2.05) is 36.4 Å². The number of rotatable bonds is 6. The Morgan fingerprint density at radius 1 is 0.800 bits per heavy atom. The van der Waals surface area contributed by atoms with Gasteiger partial charge in [-0.2, -0.15) is 0 Å². The van der Waals surface area contributed by atoms with Crippen LogP contribution in [0.25, 0.3) is 11.4 Å². The Morgan fingerprint density at radius 3 is 2.10 bits per heavy atom. The van der Waals surface area contributed by atoms with Gasteiger partial charge >= 0.3 is 0 Å². The Kier molecular flexibility index (Phi) is 5.45. The molecular weight excluding hydrogens is 398 g/mol. The molecule has 0 bridgehead atoms. The number of benzene rings is 3. The van der Waals surface area contributed by atoms with Crippen LogP contribution in [0, 0.1) is 0 Å². The smallest absolute Gasteiger partial charge is 0.261 e. The molecule has 30 heavy (non-hydrogen) atoms. The van der Waals surface area contributed by atoms with E-state index in [1.54, 1.807) is 41.0 Å². The summed E-state index contributed by atoms with van der Waals surface area (Å²) in [6.45, 7) is 0.373. The molecule has 0 atom stereocenters. The van der Waals surface area contributed by atoms with Gasteiger partial charge in [0.05, 0.1) is 11.4 Å². The monoisotopic (exact) mass is 417 g/mol. The van der Waals surface area contributed by atoms with Gasteiger partial charge < -0.3 is 0 Å². The highest BCUT2D eigenvalue weighted by Gasteiger charge is 2.15. The zero-order valence-corrected chi connectivity index (χ0v) is 16.8. The van der Waals surface area contributed by atoms with Gasteiger partial charge in [0.15, 0.2) is 0 Å². The first kappa shape index (κ1) is 19.6. The van der Waals surface area contributed by atoms with Crippen LogP contribution in [-0.2, 0) is 16.6 Å². The lowest BCUT2D eigenvalue weighted by Crippen LogP contribution is -2.22. The van der Waals surface area contributed by atoms with Crippen LogP contribution in [-0.4, -0.2) is 18.0 Å². The Bertz CT molecular complexity index is 1300. The SMILES string of the molecule is O=c1ccnc(-c2ccc(S(=O)(=O)Nc3ccccc3)cc2)n1Cc1ccccc1. The topological polar surface area (TPSA) is 81.1 Å². The zero-order valence-electron chi connectivity index (χ0n) is 16.0. The van der Waals surface area contributed by atoms with Crippen molar-refractivity contribution in [3.05, 3.63) is 113 Å². The van der Waals surface area contributed by atoms with E-state index in [9.17, 15) is 13.2 Å². The first-order valence-corrected chi connectivity index (χ1v) is 10.8. The van der Waals surface area contributed by atoms with Crippen LogP contribution in [0.2, 0.25) is 0 Å². The van der Waals surface area contributed by atoms with E-state index < -0.39 is 10.0 Å². The Morgan fingerprint density at radius 2 is 1.43 bits per heavy atom. The fourth-order valence-corrected chi connectivity index (χ4v) is 4.15. The van der Waals surface area contributed by atoms with E-state index in [0.29, 0.717) is 23.6 Å². The predicted molar refractivity (Wildman–Crippen MR) is 117 cm³/mol. The highest BCUT2D eigenvalue weighted by Crippen LogP contribution is 2.21. The van der Waals surface area contributed by atoms with Crippen LogP contribution >= 0.6 is 0 Å². The van der Waals surface area contributed by atoms with Gasteiger partial charge in [0.25, 0.3) is 15.6 Å². The maximum Gasteiger partial charge on any atom is 0.261 e. The molecule has 4 aromatic rings. The Hall–Kier alpha value is -3.71. The van der Waals surface area contributed by atoms with E-state index in [2.05, 4.69) is 9.71 Å². The van der Waals surface area contributed by atoms with Crippen molar-refractivity contribution in [3.63, 3.8) is 0 Å². The molecule has 1 N–H and O–H groups in total. The van der Waals surface area contributed by atoms with Crippen molar-refractivity contribution in [1.82, 2.24) is 9.55 Å². The van der Waals surface area contributed by atoms with E-state index in [-0.39, 0.29) is 10.5 Å². The average Bonchev–Trinajstić information content (AvgIpc) is 2.76. The van der Waals surface area contributed by atoms with Crippen LogP contribution < -0.4 is 10.3 Å². The Labute approximate surface area is 174 Å². The fraction of sp³-hybridized carbons (Fsp3) is 0.0435. The lowest BCUT2D eigenvalue weighted by Gasteiger charge is -2.13. The molecule has 1 aromatic heterocycles. The van der Waals surface area contributed by atoms with Crippen molar-refractivity contribution in [2.75, 3.05) is 4.72 Å². The average molecular weight is 417 g/mol. The maximum absolute atomic E-state index is 12.6. The van der Waals surface area contributed by atoms with Crippen LogP contribution in [0.5, 0.6) is 0 Å². The lowest BCUT2D eigenvalue weighted by molar-refractivity contribution is 0.601. The molecule has 0 fully saturated rings. The van der Waals surface area contributed by atoms with E-state index in [1.165, 1.54) is 24.4 Å². The molecule has 1 heterocycles. The number of anilines is 1. The molecule has 0 saturated carbocycles. The van der Waals surface area contributed by atoms with Gasteiger partial charge in [0.1, 0.15) is 5.82 Å². The first-order chi connectivity index (χ1) is 14.5. The summed E-state index contributed by atoms with van der Waals surface area (Å²) in [5, 5.41) is 0. The number of hydrogen-bond acceptors (Lipinski definition) is 4. The van der Waals surface area contributed by atoms with Crippen molar-refractivity contribution in [1.29, 1.82) is 0 Å². The summed E-state index contributed by atoms with van der Waals surface area (Å²) < 4.78 is 29.4. The second-order valence-electron chi connectivity index (χ2n) is 6.67. The zero-order chi connectivity index (χ0) is 21.0. The molecule has 0 radical (unpaired) electrons. The van der Waals surface area contributed by atoms with Gasteiger partial charge in [0, 0.05) is 23.5 Å². The van der Waals surface area contributed by atoms with Gasteiger partial charge in [-0.1, -0.05) is 48.5 Å². The third-order valence-electron chi connectivity index (χ3n) is 4.57. The van der Waals surface area contributed by atoms with Gasteiger partial charge in [-0.25, -0.2) is 13.4 Å². The van der Waals surface area contributed by atoms with Crippen LogP contribution in [0.1, 0.15) is 5.56 Å². The number of para-hydroxylation sites is 1. The second-order valence-corrected chi connectivity index (χ2v) is 8.36. The van der Waals surface area contributed by atoms with E-state index in [4.69, 9.17) is 0 Å². The van der Waals surface area contributed by atoms with E-state index in [0.717, 1.165) is 5.56 Å². The molecule has 0 spiro atoms. The quantitative estimate of drug-likeness (QED) is 0.518. The van der Waals surface area contributed by atoms with Gasteiger partial charge in [0.2, 0.25) is 0 Å². The minimum atomic E-state index is -3.72. The van der Waals surface area contributed by atoms with Gasteiger partial charge in [-0.05, 0) is 42.0 Å². The third kappa shape index (κ3) is 4.31. The lowest BCUT2D eigenvalue weighted by atomic mass is 10.2. The number of nitrogens with one attached hydrogen (secondary N) is 1. The third-order valence-corrected chi connectivity index (χ3v) is 5.97. The molecule has 6 nitrogen and oxygen atoms in total.